The monoisotopic (exact) mass is 435 g/mol. The van der Waals surface area contributed by atoms with E-state index in [4.69, 9.17) is 0 Å². The lowest BCUT2D eigenvalue weighted by atomic mass is 9.97. The summed E-state index contributed by atoms with van der Waals surface area (Å²) in [4.78, 5) is 27.3. The van der Waals surface area contributed by atoms with Gasteiger partial charge in [0.2, 0.25) is 10.0 Å². The Bertz CT molecular complexity index is 941. The second-order valence-corrected chi connectivity index (χ2v) is 10.0. The fraction of sp³-hybridized carbons (Fsp3) is 0.400. The van der Waals surface area contributed by atoms with Gasteiger partial charge in [-0.25, -0.2) is 13.1 Å². The van der Waals surface area contributed by atoms with Crippen LogP contribution in [0.5, 0.6) is 0 Å². The zero-order chi connectivity index (χ0) is 20.9. The summed E-state index contributed by atoms with van der Waals surface area (Å²) in [6.07, 6.45) is 2.90. The largest absolute Gasteiger partial charge is 0.347 e. The Balaban J connectivity index is 1.53. The number of thiophene rings is 1. The van der Waals surface area contributed by atoms with Crippen molar-refractivity contribution in [3.05, 3.63) is 57.8 Å². The van der Waals surface area contributed by atoms with Crippen molar-refractivity contribution in [2.24, 2.45) is 5.92 Å². The first kappa shape index (κ1) is 21.5. The summed E-state index contributed by atoms with van der Waals surface area (Å²) in [6, 6.07) is 10.8. The third-order valence-corrected chi connectivity index (χ3v) is 6.40. The fourth-order valence-corrected chi connectivity index (χ4v) is 4.49. The van der Waals surface area contributed by atoms with E-state index in [0.717, 1.165) is 24.7 Å². The number of carbonyl (C=O) groups is 2. The number of rotatable bonds is 7. The summed E-state index contributed by atoms with van der Waals surface area (Å²) in [5.74, 6) is -0.0420. The third kappa shape index (κ3) is 6.38. The Labute approximate surface area is 175 Å². The minimum atomic E-state index is -3.23. The number of likely N-dealkylation sites (tertiary alicyclic amines) is 1. The minimum absolute atomic E-state index is 0.0526. The topological polar surface area (TPSA) is 95.6 Å². The lowest BCUT2D eigenvalue weighted by Crippen LogP contribution is -2.43. The Hall–Kier alpha value is -2.23. The molecule has 0 spiro atoms. The quantitative estimate of drug-likeness (QED) is 0.696. The average Bonchev–Trinajstić information content (AvgIpc) is 3.25. The smallest absolute Gasteiger partial charge is 0.261 e. The first-order chi connectivity index (χ1) is 13.8. The Morgan fingerprint density at radius 2 is 1.97 bits per heavy atom. The molecule has 1 fully saturated rings. The highest BCUT2D eigenvalue weighted by Crippen LogP contribution is 2.19. The fourth-order valence-electron chi connectivity index (χ4n) is 3.31. The molecule has 1 aromatic heterocycles. The van der Waals surface area contributed by atoms with Crippen molar-refractivity contribution in [2.75, 3.05) is 25.9 Å². The van der Waals surface area contributed by atoms with Crippen LogP contribution < -0.4 is 10.0 Å². The van der Waals surface area contributed by atoms with E-state index in [1.807, 2.05) is 23.6 Å². The molecule has 1 aromatic carbocycles. The third-order valence-electron chi connectivity index (χ3n) is 4.84. The number of benzene rings is 1. The Morgan fingerprint density at radius 3 is 2.62 bits per heavy atom. The van der Waals surface area contributed by atoms with Gasteiger partial charge in [0, 0.05) is 31.7 Å². The Kier molecular flexibility index (Phi) is 7.05. The molecule has 0 bridgehead atoms. The van der Waals surface area contributed by atoms with E-state index in [9.17, 15) is 18.0 Å². The molecule has 0 aliphatic carbocycles. The van der Waals surface area contributed by atoms with E-state index in [-0.39, 0.29) is 17.7 Å². The van der Waals surface area contributed by atoms with Crippen molar-refractivity contribution in [1.82, 2.24) is 14.9 Å². The number of nitrogens with zero attached hydrogens (tertiary/aromatic N) is 1. The van der Waals surface area contributed by atoms with Crippen LogP contribution in [-0.2, 0) is 16.6 Å². The maximum absolute atomic E-state index is 12.8. The van der Waals surface area contributed by atoms with Crippen molar-refractivity contribution >= 4 is 33.2 Å². The van der Waals surface area contributed by atoms with Crippen LogP contribution in [0.15, 0.2) is 41.8 Å². The highest BCUT2D eigenvalue weighted by Gasteiger charge is 2.25. The van der Waals surface area contributed by atoms with Gasteiger partial charge in [0.05, 0.1) is 11.1 Å². The molecule has 1 aliphatic heterocycles. The first-order valence-corrected chi connectivity index (χ1v) is 12.2. The van der Waals surface area contributed by atoms with Gasteiger partial charge in [-0.15, -0.1) is 11.3 Å². The summed E-state index contributed by atoms with van der Waals surface area (Å²) in [7, 11) is -3.23. The summed E-state index contributed by atoms with van der Waals surface area (Å²) >= 11 is 1.39. The molecular weight excluding hydrogens is 410 g/mol. The summed E-state index contributed by atoms with van der Waals surface area (Å²) in [5.41, 5.74) is 1.51. The second-order valence-electron chi connectivity index (χ2n) is 7.24. The molecule has 7 nitrogen and oxygen atoms in total. The van der Waals surface area contributed by atoms with Gasteiger partial charge in [-0.1, -0.05) is 18.2 Å². The summed E-state index contributed by atoms with van der Waals surface area (Å²) in [6.45, 7) is 1.96. The number of hydrogen-bond donors (Lipinski definition) is 2. The summed E-state index contributed by atoms with van der Waals surface area (Å²) in [5, 5.41) is 4.72. The van der Waals surface area contributed by atoms with Gasteiger partial charge in [0.15, 0.2) is 0 Å². The number of amides is 2. The van der Waals surface area contributed by atoms with E-state index < -0.39 is 10.0 Å². The molecule has 2 heterocycles. The maximum Gasteiger partial charge on any atom is 0.261 e. The SMILES string of the molecule is CS(=O)(=O)NC[C@H]1CCCN(C(=O)c2ccc(CNC(=O)c3cccs3)cc2)C1. The van der Waals surface area contributed by atoms with Crippen LogP contribution in [0.4, 0.5) is 0 Å². The zero-order valence-corrected chi connectivity index (χ0v) is 17.9. The van der Waals surface area contributed by atoms with Gasteiger partial charge in [0.25, 0.3) is 11.8 Å². The van der Waals surface area contributed by atoms with Crippen LogP contribution in [0.2, 0.25) is 0 Å². The van der Waals surface area contributed by atoms with Crippen molar-refractivity contribution < 1.29 is 18.0 Å². The van der Waals surface area contributed by atoms with E-state index in [1.54, 1.807) is 23.1 Å². The highest BCUT2D eigenvalue weighted by atomic mass is 32.2. The molecular formula is C20H25N3O4S2. The van der Waals surface area contributed by atoms with Gasteiger partial charge in [-0.3, -0.25) is 9.59 Å². The molecule has 3 rings (SSSR count). The molecule has 2 amide bonds. The van der Waals surface area contributed by atoms with Crippen LogP contribution in [0.3, 0.4) is 0 Å². The summed E-state index contributed by atoms with van der Waals surface area (Å²) < 4.78 is 25.1. The predicted molar refractivity (Wildman–Crippen MR) is 113 cm³/mol. The molecule has 1 aliphatic rings. The van der Waals surface area contributed by atoms with Gasteiger partial charge < -0.3 is 10.2 Å². The molecule has 2 aromatic rings. The van der Waals surface area contributed by atoms with E-state index in [1.165, 1.54) is 11.3 Å². The first-order valence-electron chi connectivity index (χ1n) is 9.46. The van der Waals surface area contributed by atoms with Crippen molar-refractivity contribution in [2.45, 2.75) is 19.4 Å². The van der Waals surface area contributed by atoms with Gasteiger partial charge in [-0.05, 0) is 47.9 Å². The molecule has 1 saturated heterocycles. The standard InChI is InChI=1S/C20H25N3O4S2/c1-29(26,27)22-13-16-4-2-10-23(14-16)20(25)17-8-6-15(7-9-17)12-21-19(24)18-5-3-11-28-18/h3,5-9,11,16,22H,2,4,10,12-14H2,1H3,(H,21,24)/t16-/m1/s1. The Morgan fingerprint density at radius 1 is 1.21 bits per heavy atom. The van der Waals surface area contributed by atoms with Crippen LogP contribution in [0.1, 0.15) is 38.4 Å². The van der Waals surface area contributed by atoms with Gasteiger partial charge in [-0.2, -0.15) is 0 Å². The van der Waals surface area contributed by atoms with Gasteiger partial charge >= 0.3 is 0 Å². The minimum Gasteiger partial charge on any atom is -0.347 e. The maximum atomic E-state index is 12.8. The number of piperidine rings is 1. The highest BCUT2D eigenvalue weighted by molar-refractivity contribution is 7.88. The van der Waals surface area contributed by atoms with E-state index in [2.05, 4.69) is 10.0 Å². The van der Waals surface area contributed by atoms with Gasteiger partial charge in [0.1, 0.15) is 0 Å². The van der Waals surface area contributed by atoms with Crippen LogP contribution in [0.25, 0.3) is 0 Å². The normalized spacial score (nSPS) is 17.1. The number of nitrogens with one attached hydrogen (secondary N) is 2. The van der Waals surface area contributed by atoms with Crippen molar-refractivity contribution in [1.29, 1.82) is 0 Å². The molecule has 156 valence electrons. The van der Waals surface area contributed by atoms with Crippen LogP contribution in [0, 0.1) is 5.92 Å². The van der Waals surface area contributed by atoms with Crippen molar-refractivity contribution in [3.63, 3.8) is 0 Å². The molecule has 9 heteroatoms. The predicted octanol–water partition coefficient (Wildman–Crippen LogP) is 2.08. The average molecular weight is 436 g/mol. The lowest BCUT2D eigenvalue weighted by Gasteiger charge is -2.32. The number of carbonyl (C=O) groups excluding carboxylic acids is 2. The molecule has 0 saturated carbocycles. The van der Waals surface area contributed by atoms with Crippen LogP contribution >= 0.6 is 11.3 Å². The van der Waals surface area contributed by atoms with Crippen molar-refractivity contribution in [3.8, 4) is 0 Å². The zero-order valence-electron chi connectivity index (χ0n) is 16.3. The van der Waals surface area contributed by atoms with E-state index >= 15 is 0 Å². The lowest BCUT2D eigenvalue weighted by molar-refractivity contribution is 0.0676. The molecule has 29 heavy (non-hydrogen) atoms. The second kappa shape index (κ2) is 9.51. The molecule has 2 N–H and O–H groups in total. The van der Waals surface area contributed by atoms with E-state index in [0.29, 0.717) is 36.6 Å². The molecule has 0 radical (unpaired) electrons. The number of sulfonamides is 1. The molecule has 0 unspecified atom stereocenters. The van der Waals surface area contributed by atoms with Crippen LogP contribution in [-0.4, -0.2) is 51.0 Å². The molecule has 1 atom stereocenters. The number of hydrogen-bond acceptors (Lipinski definition) is 5.